The summed E-state index contributed by atoms with van der Waals surface area (Å²) in [4.78, 5) is 0. The molecule has 2 saturated carbocycles. The molecule has 2 nitrogen and oxygen atoms in total. The molecule has 0 aliphatic heterocycles. The average Bonchev–Trinajstić information content (AvgIpc) is 3.08. The Morgan fingerprint density at radius 1 is 1.12 bits per heavy atom. The van der Waals surface area contributed by atoms with Crippen LogP contribution < -0.4 is 11.1 Å². The smallest absolute Gasteiger partial charge is 0.0351 e. The van der Waals surface area contributed by atoms with Gasteiger partial charge in [-0.25, -0.2) is 0 Å². The summed E-state index contributed by atoms with van der Waals surface area (Å²) in [5.74, 6) is 0.860. The summed E-state index contributed by atoms with van der Waals surface area (Å²) in [6.07, 6.45) is 5.06. The first-order valence-corrected chi connectivity index (χ1v) is 6.39. The van der Waals surface area contributed by atoms with Crippen LogP contribution in [0.15, 0.2) is 30.3 Å². The van der Waals surface area contributed by atoms with Crippen LogP contribution in [-0.4, -0.2) is 12.1 Å². The van der Waals surface area contributed by atoms with Crippen LogP contribution in [0.2, 0.25) is 0 Å². The maximum Gasteiger partial charge on any atom is 0.0351 e. The second kappa shape index (κ2) is 4.19. The van der Waals surface area contributed by atoms with Gasteiger partial charge < -0.3 is 11.1 Å². The van der Waals surface area contributed by atoms with E-state index in [-0.39, 0.29) is 0 Å². The van der Waals surface area contributed by atoms with Crippen LogP contribution in [0.1, 0.15) is 37.3 Å². The van der Waals surface area contributed by atoms with E-state index < -0.39 is 0 Å². The van der Waals surface area contributed by atoms with Gasteiger partial charge in [0.15, 0.2) is 0 Å². The quantitative estimate of drug-likeness (QED) is 0.810. The number of hydrogen-bond acceptors (Lipinski definition) is 2. The van der Waals surface area contributed by atoms with Gasteiger partial charge in [0.2, 0.25) is 0 Å². The Morgan fingerprint density at radius 2 is 1.81 bits per heavy atom. The molecule has 3 N–H and O–H groups in total. The van der Waals surface area contributed by atoms with Crippen molar-refractivity contribution in [3.8, 4) is 0 Å². The number of benzene rings is 1. The Bertz CT molecular complexity index is 339. The molecule has 2 fully saturated rings. The maximum absolute atomic E-state index is 5.84. The molecule has 0 spiro atoms. The van der Waals surface area contributed by atoms with Crippen molar-refractivity contribution in [2.45, 2.75) is 43.8 Å². The predicted octanol–water partition coefficient (Wildman–Crippen LogP) is 2.22. The lowest BCUT2D eigenvalue weighted by Crippen LogP contribution is -2.49. The van der Waals surface area contributed by atoms with Crippen molar-refractivity contribution in [3.63, 3.8) is 0 Å². The molecule has 0 amide bonds. The zero-order valence-electron chi connectivity index (χ0n) is 9.60. The normalized spacial score (nSPS) is 30.8. The van der Waals surface area contributed by atoms with Gasteiger partial charge in [-0.1, -0.05) is 30.3 Å². The second-order valence-electron chi connectivity index (χ2n) is 5.32. The van der Waals surface area contributed by atoms with E-state index in [1.165, 1.54) is 18.4 Å². The summed E-state index contributed by atoms with van der Waals surface area (Å²) < 4.78 is 0. The molecular formula is C14H20N2. The van der Waals surface area contributed by atoms with Crippen LogP contribution in [0.25, 0.3) is 0 Å². The fraction of sp³-hybridized carbons (Fsp3) is 0.571. The number of nitrogens with one attached hydrogen (secondary N) is 1. The SMILES string of the molecule is NC1CC(NC(c2ccccc2)C2CC2)C1. The van der Waals surface area contributed by atoms with Crippen LogP contribution in [-0.2, 0) is 0 Å². The van der Waals surface area contributed by atoms with Crippen molar-refractivity contribution >= 4 is 0 Å². The van der Waals surface area contributed by atoms with Gasteiger partial charge in [-0.3, -0.25) is 0 Å². The summed E-state index contributed by atoms with van der Waals surface area (Å²) in [5, 5.41) is 3.78. The fourth-order valence-electron chi connectivity index (χ4n) is 2.65. The van der Waals surface area contributed by atoms with Crippen molar-refractivity contribution in [1.82, 2.24) is 5.32 Å². The Labute approximate surface area is 97.2 Å². The average molecular weight is 216 g/mol. The number of nitrogens with two attached hydrogens (primary N) is 1. The minimum atomic E-state index is 0.438. The van der Waals surface area contributed by atoms with Gasteiger partial charge >= 0.3 is 0 Å². The molecule has 0 aromatic heterocycles. The topological polar surface area (TPSA) is 38.0 Å². The monoisotopic (exact) mass is 216 g/mol. The Balaban J connectivity index is 1.67. The summed E-state index contributed by atoms with van der Waals surface area (Å²) in [6.45, 7) is 0. The van der Waals surface area contributed by atoms with Crippen molar-refractivity contribution in [2.24, 2.45) is 11.7 Å². The highest BCUT2D eigenvalue weighted by atomic mass is 15.0. The van der Waals surface area contributed by atoms with Crippen molar-refractivity contribution < 1.29 is 0 Å². The summed E-state index contributed by atoms with van der Waals surface area (Å²) in [5.41, 5.74) is 7.28. The lowest BCUT2D eigenvalue weighted by Gasteiger charge is -2.36. The van der Waals surface area contributed by atoms with Crippen LogP contribution in [0, 0.1) is 5.92 Å². The largest absolute Gasteiger partial charge is 0.328 e. The summed E-state index contributed by atoms with van der Waals surface area (Å²) >= 11 is 0. The molecule has 1 atom stereocenters. The Morgan fingerprint density at radius 3 is 2.38 bits per heavy atom. The van der Waals surface area contributed by atoms with Gasteiger partial charge in [-0.2, -0.15) is 0 Å². The highest BCUT2D eigenvalue weighted by Crippen LogP contribution is 2.42. The molecule has 1 aromatic carbocycles. The summed E-state index contributed by atoms with van der Waals surface area (Å²) in [6, 6.07) is 12.5. The highest BCUT2D eigenvalue weighted by molar-refractivity contribution is 5.21. The molecule has 0 radical (unpaired) electrons. The van der Waals surface area contributed by atoms with Gasteiger partial charge in [0.1, 0.15) is 0 Å². The van der Waals surface area contributed by atoms with Gasteiger partial charge in [0.05, 0.1) is 0 Å². The molecule has 0 saturated heterocycles. The first-order valence-electron chi connectivity index (χ1n) is 6.39. The maximum atomic E-state index is 5.84. The molecule has 16 heavy (non-hydrogen) atoms. The Kier molecular flexibility index (Phi) is 2.70. The highest BCUT2D eigenvalue weighted by Gasteiger charge is 2.36. The molecule has 2 heteroatoms. The molecule has 86 valence electrons. The lowest BCUT2D eigenvalue weighted by molar-refractivity contribution is 0.256. The molecule has 2 aliphatic carbocycles. The molecule has 2 aliphatic rings. The molecule has 1 unspecified atom stereocenters. The van der Waals surface area contributed by atoms with Crippen LogP contribution in [0.5, 0.6) is 0 Å². The zero-order valence-corrected chi connectivity index (χ0v) is 9.60. The van der Waals surface area contributed by atoms with Gasteiger partial charge in [0.25, 0.3) is 0 Å². The molecular weight excluding hydrogens is 196 g/mol. The van der Waals surface area contributed by atoms with Crippen molar-refractivity contribution in [3.05, 3.63) is 35.9 Å². The molecule has 3 rings (SSSR count). The third-order valence-electron chi connectivity index (χ3n) is 3.84. The Hall–Kier alpha value is -0.860. The number of rotatable bonds is 4. The fourth-order valence-corrected chi connectivity index (χ4v) is 2.65. The lowest BCUT2D eigenvalue weighted by atomic mass is 9.86. The van der Waals surface area contributed by atoms with E-state index in [0.29, 0.717) is 18.1 Å². The van der Waals surface area contributed by atoms with Crippen LogP contribution in [0.4, 0.5) is 0 Å². The van der Waals surface area contributed by atoms with Crippen molar-refractivity contribution in [1.29, 1.82) is 0 Å². The molecule has 1 aromatic rings. The van der Waals surface area contributed by atoms with Crippen LogP contribution in [0.3, 0.4) is 0 Å². The van der Waals surface area contributed by atoms with Crippen molar-refractivity contribution in [2.75, 3.05) is 0 Å². The first kappa shape index (κ1) is 10.3. The van der Waals surface area contributed by atoms with Gasteiger partial charge in [0, 0.05) is 18.1 Å². The van der Waals surface area contributed by atoms with E-state index in [1.54, 1.807) is 0 Å². The van der Waals surface area contributed by atoms with Gasteiger partial charge in [-0.05, 0) is 37.2 Å². The predicted molar refractivity (Wildman–Crippen MR) is 66.0 cm³/mol. The van der Waals surface area contributed by atoms with Crippen LogP contribution >= 0.6 is 0 Å². The molecule has 0 bridgehead atoms. The first-order chi connectivity index (χ1) is 7.83. The third-order valence-corrected chi connectivity index (χ3v) is 3.84. The second-order valence-corrected chi connectivity index (χ2v) is 5.32. The van der Waals surface area contributed by atoms with E-state index in [1.807, 2.05) is 0 Å². The summed E-state index contributed by atoms with van der Waals surface area (Å²) in [7, 11) is 0. The molecule has 0 heterocycles. The minimum Gasteiger partial charge on any atom is -0.328 e. The van der Waals surface area contributed by atoms with E-state index in [4.69, 9.17) is 5.73 Å². The third kappa shape index (κ3) is 2.13. The van der Waals surface area contributed by atoms with E-state index in [0.717, 1.165) is 18.8 Å². The number of hydrogen-bond donors (Lipinski definition) is 2. The van der Waals surface area contributed by atoms with Gasteiger partial charge in [-0.15, -0.1) is 0 Å². The van der Waals surface area contributed by atoms with E-state index in [9.17, 15) is 0 Å². The zero-order chi connectivity index (χ0) is 11.0. The van der Waals surface area contributed by atoms with E-state index in [2.05, 4.69) is 35.6 Å². The minimum absolute atomic E-state index is 0.438. The van der Waals surface area contributed by atoms with E-state index >= 15 is 0 Å². The standard InChI is InChI=1S/C14H20N2/c15-12-8-13(9-12)16-14(11-6-7-11)10-4-2-1-3-5-10/h1-5,11-14,16H,6-9,15H2.